The summed E-state index contributed by atoms with van der Waals surface area (Å²) in [6.45, 7) is 11.9. The highest BCUT2D eigenvalue weighted by Crippen LogP contribution is 2.16. The molecule has 0 aromatic heterocycles. The second-order valence-corrected chi connectivity index (χ2v) is 8.83. The largest absolute Gasteiger partial charge is 0.370 e. The summed E-state index contributed by atoms with van der Waals surface area (Å²) in [5.74, 6) is 1.04. The van der Waals surface area contributed by atoms with Gasteiger partial charge in [-0.05, 0) is 63.0 Å². The molecule has 0 amide bonds. The zero-order valence-electron chi connectivity index (χ0n) is 20.3. The van der Waals surface area contributed by atoms with Crippen LogP contribution in [0, 0.1) is 0 Å². The molecular formula is C24H43IN8. The van der Waals surface area contributed by atoms with Gasteiger partial charge in [-0.2, -0.15) is 0 Å². The number of halogens is 1. The predicted octanol–water partition coefficient (Wildman–Crippen LogP) is 2.08. The third kappa shape index (κ3) is 8.94. The molecule has 1 aromatic rings. The van der Waals surface area contributed by atoms with Crippen LogP contribution >= 0.6 is 24.0 Å². The van der Waals surface area contributed by atoms with Gasteiger partial charge in [-0.1, -0.05) is 38.1 Å². The highest BCUT2D eigenvalue weighted by molar-refractivity contribution is 14.0. The van der Waals surface area contributed by atoms with E-state index in [4.69, 9.17) is 11.5 Å². The summed E-state index contributed by atoms with van der Waals surface area (Å²) in [5, 5.41) is 6.57. The molecule has 186 valence electrons. The molecule has 0 bridgehead atoms. The number of hydrogen-bond acceptors (Lipinski definition) is 4. The van der Waals surface area contributed by atoms with Crippen LogP contribution in [0.3, 0.4) is 0 Å². The van der Waals surface area contributed by atoms with Crippen molar-refractivity contribution in [2.24, 2.45) is 21.5 Å². The molecule has 2 fully saturated rings. The molecule has 0 saturated carbocycles. The lowest BCUT2D eigenvalue weighted by atomic mass is 10.1. The number of nitrogens with one attached hydrogen (secondary N) is 2. The summed E-state index contributed by atoms with van der Waals surface area (Å²) in [6, 6.07) is 9.47. The lowest BCUT2D eigenvalue weighted by molar-refractivity contribution is 0.267. The summed E-state index contributed by atoms with van der Waals surface area (Å²) >= 11 is 0. The molecule has 2 saturated heterocycles. The van der Waals surface area contributed by atoms with Gasteiger partial charge in [0.25, 0.3) is 0 Å². The Balaban J connectivity index is 0.00000385. The van der Waals surface area contributed by atoms with Crippen molar-refractivity contribution in [3.63, 3.8) is 0 Å². The topological polar surface area (TPSA) is 107 Å². The first-order valence-electron chi connectivity index (χ1n) is 12.2. The molecule has 0 spiro atoms. The van der Waals surface area contributed by atoms with Crippen LogP contribution in [0.5, 0.6) is 0 Å². The molecule has 2 heterocycles. The van der Waals surface area contributed by atoms with E-state index in [-0.39, 0.29) is 24.0 Å². The molecule has 3 rings (SSSR count). The van der Waals surface area contributed by atoms with E-state index in [1.54, 1.807) is 0 Å². The number of aliphatic imine (C=N–C) groups is 2. The minimum absolute atomic E-state index is 0. The first-order valence-corrected chi connectivity index (χ1v) is 12.2. The molecule has 9 heteroatoms. The van der Waals surface area contributed by atoms with Crippen LogP contribution in [0.2, 0.25) is 0 Å². The van der Waals surface area contributed by atoms with E-state index in [1.165, 1.54) is 38.8 Å². The van der Waals surface area contributed by atoms with Crippen molar-refractivity contribution < 1.29 is 0 Å². The predicted molar refractivity (Wildman–Crippen MR) is 149 cm³/mol. The van der Waals surface area contributed by atoms with E-state index in [1.807, 2.05) is 0 Å². The van der Waals surface area contributed by atoms with E-state index in [2.05, 4.69) is 68.5 Å². The maximum Gasteiger partial charge on any atom is 0.188 e. The smallest absolute Gasteiger partial charge is 0.188 e. The summed E-state index contributed by atoms with van der Waals surface area (Å²) < 4.78 is 0. The Hall–Kier alpha value is -1.59. The van der Waals surface area contributed by atoms with Crippen LogP contribution in [0.15, 0.2) is 34.3 Å². The van der Waals surface area contributed by atoms with Gasteiger partial charge in [0.05, 0.1) is 13.1 Å². The second kappa shape index (κ2) is 14.6. The SMILES string of the molecule is CCN1CCCC1CNC(N)=NCc1ccc(CN=C(N)NCC2CCCN2CC)cc1.I. The van der Waals surface area contributed by atoms with E-state index in [0.717, 1.165) is 37.3 Å². The summed E-state index contributed by atoms with van der Waals surface area (Å²) in [5.41, 5.74) is 14.4. The number of likely N-dealkylation sites (tertiary alicyclic amines) is 2. The van der Waals surface area contributed by atoms with Crippen molar-refractivity contribution in [1.29, 1.82) is 0 Å². The van der Waals surface area contributed by atoms with Crippen LogP contribution in [-0.2, 0) is 13.1 Å². The summed E-state index contributed by atoms with van der Waals surface area (Å²) in [4.78, 5) is 14.0. The van der Waals surface area contributed by atoms with Crippen molar-refractivity contribution in [2.45, 2.75) is 64.7 Å². The molecule has 33 heavy (non-hydrogen) atoms. The average molecular weight is 571 g/mol. The van der Waals surface area contributed by atoms with Crippen molar-refractivity contribution in [1.82, 2.24) is 20.4 Å². The number of nitrogens with two attached hydrogens (primary N) is 2. The lowest BCUT2D eigenvalue weighted by Gasteiger charge is -2.23. The van der Waals surface area contributed by atoms with Gasteiger partial charge in [-0.3, -0.25) is 9.80 Å². The molecule has 6 N–H and O–H groups in total. The van der Waals surface area contributed by atoms with E-state index >= 15 is 0 Å². The molecule has 2 aliphatic heterocycles. The first kappa shape index (κ1) is 27.7. The summed E-state index contributed by atoms with van der Waals surface area (Å²) in [7, 11) is 0. The van der Waals surface area contributed by atoms with Crippen molar-refractivity contribution in [2.75, 3.05) is 39.3 Å². The number of rotatable bonds is 10. The fourth-order valence-corrected chi connectivity index (χ4v) is 4.74. The summed E-state index contributed by atoms with van der Waals surface area (Å²) in [6.07, 6.45) is 5.01. The lowest BCUT2D eigenvalue weighted by Crippen LogP contribution is -2.42. The minimum Gasteiger partial charge on any atom is -0.370 e. The monoisotopic (exact) mass is 570 g/mol. The molecule has 8 nitrogen and oxygen atoms in total. The molecule has 0 aliphatic carbocycles. The van der Waals surface area contributed by atoms with Crippen molar-refractivity contribution in [3.8, 4) is 0 Å². The Morgan fingerprint density at radius 3 is 1.58 bits per heavy atom. The first-order chi connectivity index (χ1) is 15.6. The van der Waals surface area contributed by atoms with Gasteiger partial charge in [0, 0.05) is 25.2 Å². The maximum absolute atomic E-state index is 6.07. The molecule has 2 unspecified atom stereocenters. The van der Waals surface area contributed by atoms with Gasteiger partial charge in [0.15, 0.2) is 11.9 Å². The second-order valence-electron chi connectivity index (χ2n) is 8.83. The third-order valence-electron chi connectivity index (χ3n) is 6.74. The van der Waals surface area contributed by atoms with Crippen LogP contribution in [0.4, 0.5) is 0 Å². The van der Waals surface area contributed by atoms with Gasteiger partial charge in [-0.25, -0.2) is 9.98 Å². The quantitative estimate of drug-likeness (QED) is 0.195. The average Bonchev–Trinajstić information content (AvgIpc) is 3.47. The van der Waals surface area contributed by atoms with Gasteiger partial charge in [0.2, 0.25) is 0 Å². The molecule has 1 aromatic carbocycles. The Bertz CT molecular complexity index is 688. The maximum atomic E-state index is 6.07. The number of hydrogen-bond donors (Lipinski definition) is 4. The van der Waals surface area contributed by atoms with E-state index in [0.29, 0.717) is 37.1 Å². The molecule has 2 atom stereocenters. The van der Waals surface area contributed by atoms with Crippen LogP contribution < -0.4 is 22.1 Å². The Morgan fingerprint density at radius 2 is 1.21 bits per heavy atom. The van der Waals surface area contributed by atoms with Gasteiger partial charge in [-0.15, -0.1) is 24.0 Å². The van der Waals surface area contributed by atoms with Gasteiger partial charge >= 0.3 is 0 Å². The number of nitrogens with zero attached hydrogens (tertiary/aromatic N) is 4. The van der Waals surface area contributed by atoms with Crippen LogP contribution in [0.25, 0.3) is 0 Å². The minimum atomic E-state index is 0. The van der Waals surface area contributed by atoms with E-state index in [9.17, 15) is 0 Å². The van der Waals surface area contributed by atoms with Crippen LogP contribution in [-0.4, -0.2) is 73.1 Å². The van der Waals surface area contributed by atoms with Gasteiger partial charge in [0.1, 0.15) is 0 Å². The Morgan fingerprint density at radius 1 is 0.818 bits per heavy atom. The Kier molecular flexibility index (Phi) is 12.3. The molecular weight excluding hydrogens is 527 g/mol. The fourth-order valence-electron chi connectivity index (χ4n) is 4.74. The highest BCUT2D eigenvalue weighted by atomic mass is 127. The normalized spacial score (nSPS) is 22.4. The standard InChI is InChI=1S/C24H42N8.HI/c1-3-31-13-5-7-21(31)17-29-23(25)27-15-19-9-11-20(12-10-19)16-28-24(26)30-18-22-8-6-14-32(22)4-2;/h9-12,21-22H,3-8,13-18H2,1-2H3,(H3,25,27,29)(H3,26,28,30);1H. The zero-order chi connectivity index (χ0) is 22.8. The van der Waals surface area contributed by atoms with Crippen LogP contribution in [0.1, 0.15) is 50.7 Å². The zero-order valence-corrected chi connectivity index (χ0v) is 22.6. The number of benzene rings is 1. The van der Waals surface area contributed by atoms with Crippen molar-refractivity contribution in [3.05, 3.63) is 35.4 Å². The highest BCUT2D eigenvalue weighted by Gasteiger charge is 2.23. The number of likely N-dealkylation sites (N-methyl/N-ethyl adjacent to an activating group) is 2. The third-order valence-corrected chi connectivity index (χ3v) is 6.74. The van der Waals surface area contributed by atoms with Gasteiger partial charge < -0.3 is 22.1 Å². The fraction of sp³-hybridized carbons (Fsp3) is 0.667. The van der Waals surface area contributed by atoms with E-state index < -0.39 is 0 Å². The number of guanidine groups is 2. The van der Waals surface area contributed by atoms with Crippen molar-refractivity contribution >= 4 is 35.9 Å². The Labute approximate surface area is 216 Å². The molecule has 2 aliphatic rings. The molecule has 0 radical (unpaired) electrons.